The van der Waals surface area contributed by atoms with Crippen LogP contribution in [0, 0.1) is 7.14 Å². The molecule has 0 saturated carbocycles. The van der Waals surface area contributed by atoms with Gasteiger partial charge in [-0.25, -0.2) is 4.79 Å². The summed E-state index contributed by atoms with van der Waals surface area (Å²) in [6.45, 7) is 2.57. The molecule has 2 aromatic rings. The van der Waals surface area contributed by atoms with Crippen molar-refractivity contribution in [1.29, 1.82) is 0 Å². The van der Waals surface area contributed by atoms with Crippen molar-refractivity contribution in [2.45, 2.75) is 0 Å². The molecule has 0 aliphatic carbocycles. The van der Waals surface area contributed by atoms with Crippen molar-refractivity contribution in [3.05, 3.63) is 64.7 Å². The number of hydrogen-bond donors (Lipinski definition) is 1. The summed E-state index contributed by atoms with van der Waals surface area (Å²) in [4.78, 5) is 24.5. The lowest BCUT2D eigenvalue weighted by atomic mass is 10.2. The van der Waals surface area contributed by atoms with Gasteiger partial charge < -0.3 is 14.7 Å². The van der Waals surface area contributed by atoms with E-state index in [2.05, 4.69) is 22.6 Å². The maximum atomic E-state index is 12.2. The molecule has 1 aliphatic rings. The highest BCUT2D eigenvalue weighted by atomic mass is 127. The van der Waals surface area contributed by atoms with Gasteiger partial charge in [-0.15, -0.1) is 0 Å². The third kappa shape index (κ3) is 6.74. The molecule has 5 nitrogen and oxygen atoms in total. The Morgan fingerprint density at radius 2 is 1.41 bits per heavy atom. The van der Waals surface area contributed by atoms with E-state index in [1.165, 1.54) is 6.07 Å². The van der Waals surface area contributed by atoms with E-state index >= 15 is 0 Å². The lowest BCUT2D eigenvalue weighted by molar-refractivity contribution is 0.0302. The van der Waals surface area contributed by atoms with Crippen molar-refractivity contribution in [3.63, 3.8) is 0 Å². The second-order valence-electron chi connectivity index (χ2n) is 5.46. The number of morpholine rings is 1. The number of benzene rings is 2. The first-order chi connectivity index (χ1) is 12.8. The number of ether oxygens (including phenoxy) is 1. The van der Waals surface area contributed by atoms with Crippen LogP contribution in [-0.2, 0) is 4.74 Å². The molecule has 144 valence electrons. The molecule has 0 bridgehead atoms. The quantitative estimate of drug-likeness (QED) is 0.470. The average Bonchev–Trinajstić information content (AvgIpc) is 2.62. The summed E-state index contributed by atoms with van der Waals surface area (Å²) >= 11 is 15.6. The van der Waals surface area contributed by atoms with Crippen molar-refractivity contribution in [1.82, 2.24) is 4.90 Å². The van der Waals surface area contributed by atoms with Gasteiger partial charge in [-0.3, -0.25) is 4.79 Å². The van der Waals surface area contributed by atoms with Gasteiger partial charge in [0.2, 0.25) is 0 Å². The molecule has 0 atom stereocenters. The Morgan fingerprint density at radius 3 is 1.85 bits per heavy atom. The molecule has 0 spiro atoms. The highest BCUT2D eigenvalue weighted by Gasteiger charge is 2.20. The zero-order chi connectivity index (χ0) is 20.0. The number of hydrogen-bond acceptors (Lipinski definition) is 3. The molecule has 1 fully saturated rings. The van der Waals surface area contributed by atoms with Crippen LogP contribution in [-0.4, -0.2) is 48.2 Å². The minimum atomic E-state index is -0.925. The van der Waals surface area contributed by atoms with Crippen molar-refractivity contribution in [2.24, 2.45) is 0 Å². The van der Waals surface area contributed by atoms with Crippen molar-refractivity contribution < 1.29 is 19.4 Å². The van der Waals surface area contributed by atoms with Crippen LogP contribution in [0.25, 0.3) is 0 Å². The Hall–Kier alpha value is -0.620. The van der Waals surface area contributed by atoms with Crippen molar-refractivity contribution >= 4 is 80.3 Å². The number of amides is 1. The average molecular weight is 634 g/mol. The van der Waals surface area contributed by atoms with E-state index in [1.807, 2.05) is 27.5 Å². The van der Waals surface area contributed by atoms with Crippen LogP contribution < -0.4 is 0 Å². The highest BCUT2D eigenvalue weighted by Crippen LogP contribution is 2.20. The minimum absolute atomic E-state index is 0.0596. The van der Waals surface area contributed by atoms with Crippen LogP contribution in [0.15, 0.2) is 36.4 Å². The zero-order valence-corrected chi connectivity index (χ0v) is 19.8. The molecule has 3 rings (SSSR count). The van der Waals surface area contributed by atoms with E-state index in [9.17, 15) is 9.59 Å². The lowest BCUT2D eigenvalue weighted by Crippen LogP contribution is -2.40. The summed E-state index contributed by atoms with van der Waals surface area (Å²) in [6.07, 6.45) is 0. The maximum absolute atomic E-state index is 12.2. The van der Waals surface area contributed by atoms with E-state index in [-0.39, 0.29) is 11.5 Å². The lowest BCUT2D eigenvalue weighted by Gasteiger charge is -2.27. The number of carboxylic acids is 1. The standard InChI is InChI=1S/C11H11ClINO2.C7H4ClIO2/c12-8-1-2-9(10(13)7-8)11(15)14-3-5-16-6-4-14;8-4-1-2-5(7(10)11)6(9)3-4/h1-2,7H,3-6H2;1-3H,(H,10,11). The summed E-state index contributed by atoms with van der Waals surface area (Å²) in [7, 11) is 0. The fourth-order valence-electron chi connectivity index (χ4n) is 2.26. The Labute approximate surface area is 194 Å². The van der Waals surface area contributed by atoms with Crippen molar-refractivity contribution in [2.75, 3.05) is 26.3 Å². The van der Waals surface area contributed by atoms with E-state index in [0.29, 0.717) is 45.5 Å². The van der Waals surface area contributed by atoms with Crippen LogP contribution in [0.1, 0.15) is 20.7 Å². The smallest absolute Gasteiger partial charge is 0.336 e. The largest absolute Gasteiger partial charge is 0.478 e. The van der Waals surface area contributed by atoms with Crippen LogP contribution in [0.5, 0.6) is 0 Å². The number of rotatable bonds is 2. The number of nitrogens with zero attached hydrogens (tertiary/aromatic N) is 1. The fraction of sp³-hybridized carbons (Fsp3) is 0.222. The molecule has 0 aromatic heterocycles. The molecule has 0 radical (unpaired) electrons. The van der Waals surface area contributed by atoms with E-state index in [0.717, 1.165) is 3.57 Å². The summed E-state index contributed by atoms with van der Waals surface area (Å²) in [5.41, 5.74) is 1.00. The first-order valence-corrected chi connectivity index (χ1v) is 10.7. The van der Waals surface area contributed by atoms with E-state index < -0.39 is 5.97 Å². The number of halogens is 4. The third-order valence-electron chi connectivity index (χ3n) is 3.62. The molecule has 27 heavy (non-hydrogen) atoms. The second kappa shape index (κ2) is 10.8. The van der Waals surface area contributed by atoms with Gasteiger partial charge >= 0.3 is 5.97 Å². The zero-order valence-electron chi connectivity index (χ0n) is 13.9. The Bertz CT molecular complexity index is 842. The Morgan fingerprint density at radius 1 is 0.926 bits per heavy atom. The van der Waals surface area contributed by atoms with Gasteiger partial charge in [-0.05, 0) is 81.6 Å². The van der Waals surface area contributed by atoms with Crippen LogP contribution in [0.3, 0.4) is 0 Å². The molecule has 0 unspecified atom stereocenters. The topological polar surface area (TPSA) is 66.8 Å². The molecular formula is C18H15Cl2I2NO4. The monoisotopic (exact) mass is 633 g/mol. The van der Waals surface area contributed by atoms with E-state index in [1.54, 1.807) is 30.3 Å². The highest BCUT2D eigenvalue weighted by molar-refractivity contribution is 14.1. The Kier molecular flexibility index (Phi) is 9.06. The number of carbonyl (C=O) groups excluding carboxylic acids is 1. The summed E-state index contributed by atoms with van der Waals surface area (Å²) in [5.74, 6) is -0.865. The number of carboxylic acid groups (broad SMARTS) is 1. The van der Waals surface area contributed by atoms with Crippen LogP contribution in [0.4, 0.5) is 0 Å². The first-order valence-electron chi connectivity index (χ1n) is 7.80. The van der Waals surface area contributed by atoms with Gasteiger partial charge in [0.15, 0.2) is 0 Å². The number of aromatic carboxylic acids is 1. The molecule has 1 saturated heterocycles. The van der Waals surface area contributed by atoms with Gasteiger partial charge in [0, 0.05) is 30.3 Å². The van der Waals surface area contributed by atoms with Gasteiger partial charge in [0.05, 0.1) is 24.3 Å². The molecule has 1 aliphatic heterocycles. The fourth-order valence-corrected chi connectivity index (χ4v) is 4.47. The molecule has 1 amide bonds. The van der Waals surface area contributed by atoms with Gasteiger partial charge in [-0.1, -0.05) is 23.2 Å². The van der Waals surface area contributed by atoms with Gasteiger partial charge in [0.1, 0.15) is 0 Å². The molecular weight excluding hydrogens is 619 g/mol. The summed E-state index contributed by atoms with van der Waals surface area (Å²) in [6, 6.07) is 10.0. The normalized spacial score (nSPS) is 13.6. The predicted molar refractivity (Wildman–Crippen MR) is 122 cm³/mol. The predicted octanol–water partition coefficient (Wildman–Crippen LogP) is 5.06. The van der Waals surface area contributed by atoms with E-state index in [4.69, 9.17) is 33.0 Å². The molecule has 1 heterocycles. The maximum Gasteiger partial charge on any atom is 0.336 e. The van der Waals surface area contributed by atoms with Crippen LogP contribution >= 0.6 is 68.4 Å². The summed E-state index contributed by atoms with van der Waals surface area (Å²) < 4.78 is 6.76. The SMILES string of the molecule is O=C(O)c1ccc(Cl)cc1I.O=C(c1ccc(Cl)cc1I)N1CCOCC1. The van der Waals surface area contributed by atoms with Gasteiger partial charge in [-0.2, -0.15) is 0 Å². The summed E-state index contributed by atoms with van der Waals surface area (Å²) in [5, 5.41) is 9.82. The Balaban J connectivity index is 0.000000208. The second-order valence-corrected chi connectivity index (χ2v) is 8.66. The third-order valence-corrected chi connectivity index (χ3v) is 5.88. The van der Waals surface area contributed by atoms with Crippen LogP contribution in [0.2, 0.25) is 10.0 Å². The first kappa shape index (κ1) is 22.7. The number of carbonyl (C=O) groups is 2. The van der Waals surface area contributed by atoms with Gasteiger partial charge in [0.25, 0.3) is 5.91 Å². The molecule has 2 aromatic carbocycles. The molecule has 9 heteroatoms. The minimum Gasteiger partial charge on any atom is -0.478 e. The van der Waals surface area contributed by atoms with Crippen molar-refractivity contribution in [3.8, 4) is 0 Å². The molecule has 1 N–H and O–H groups in total.